The second-order valence-corrected chi connectivity index (χ2v) is 5.18. The number of pyridine rings is 1. The Hall–Kier alpha value is -3.37. The number of hydrogen-bond donors (Lipinski definition) is 1. The number of carbonyl (C=O) groups excluding carboxylic acids is 2. The average Bonchev–Trinajstić information content (AvgIpc) is 3.08. The Morgan fingerprint density at radius 3 is 2.36 bits per heavy atom. The van der Waals surface area contributed by atoms with Crippen molar-refractivity contribution in [2.45, 2.75) is 12.4 Å². The first-order valence-corrected chi connectivity index (χ1v) is 7.35. The smallest absolute Gasteiger partial charge is 0.446 e. The van der Waals surface area contributed by atoms with Crippen molar-refractivity contribution in [3.63, 3.8) is 0 Å². The summed E-state index contributed by atoms with van der Waals surface area (Å²) < 4.78 is 75.0. The second-order valence-electron chi connectivity index (χ2n) is 5.18. The van der Waals surface area contributed by atoms with Gasteiger partial charge in [-0.2, -0.15) is 26.3 Å². The fourth-order valence-electron chi connectivity index (χ4n) is 2.05. The molecule has 2 heterocycles. The van der Waals surface area contributed by atoms with Crippen molar-refractivity contribution in [3.05, 3.63) is 60.1 Å². The van der Waals surface area contributed by atoms with Gasteiger partial charge in [-0.3, -0.25) is 14.6 Å². The molecule has 3 rings (SSSR count). The normalized spacial score (nSPS) is 11.5. The van der Waals surface area contributed by atoms with E-state index in [1.165, 1.54) is 6.26 Å². The maximum atomic E-state index is 12.9. The molecule has 2 aromatic heterocycles. The van der Waals surface area contributed by atoms with Gasteiger partial charge in [0.1, 0.15) is 11.3 Å². The number of furan rings is 1. The summed E-state index contributed by atoms with van der Waals surface area (Å²) >= 11 is 0. The van der Waals surface area contributed by atoms with E-state index in [1.807, 2.05) is 0 Å². The molecular weight excluding hydrogens is 394 g/mol. The van der Waals surface area contributed by atoms with Crippen molar-refractivity contribution >= 4 is 28.8 Å². The molecule has 0 radical (unpaired) electrons. The minimum absolute atomic E-state index is 0.359. The van der Waals surface area contributed by atoms with Crippen LogP contribution >= 0.6 is 0 Å². The zero-order valence-corrected chi connectivity index (χ0v) is 13.6. The number of halogens is 6. The Kier molecular flexibility index (Phi) is 6.06. The lowest BCUT2D eigenvalue weighted by molar-refractivity contribution is -0.156. The average molecular weight is 404 g/mol. The summed E-state index contributed by atoms with van der Waals surface area (Å²) in [7, 11) is 0. The molecule has 1 N–H and O–H groups in total. The highest BCUT2D eigenvalue weighted by molar-refractivity contribution is 6.04. The molecular formula is C17H10F6N2O3. The van der Waals surface area contributed by atoms with Crippen LogP contribution in [0.1, 0.15) is 16.1 Å². The monoisotopic (exact) mass is 404 g/mol. The molecule has 28 heavy (non-hydrogen) atoms. The Balaban J connectivity index is 0.000000409. The van der Waals surface area contributed by atoms with E-state index in [1.54, 1.807) is 24.3 Å². The number of aldehydes is 1. The van der Waals surface area contributed by atoms with Gasteiger partial charge in [-0.25, -0.2) is 0 Å². The maximum Gasteiger partial charge on any atom is 0.446 e. The predicted molar refractivity (Wildman–Crippen MR) is 85.5 cm³/mol. The van der Waals surface area contributed by atoms with Crippen molar-refractivity contribution < 1.29 is 40.3 Å². The number of nitrogens with one attached hydrogen (secondary N) is 1. The van der Waals surface area contributed by atoms with Crippen LogP contribution in [-0.4, -0.2) is 23.4 Å². The number of hydrogen-bond acceptors (Lipinski definition) is 4. The lowest BCUT2D eigenvalue weighted by atomic mass is 10.1. The topological polar surface area (TPSA) is 72.2 Å². The quantitative estimate of drug-likeness (QED) is 0.490. The molecule has 148 valence electrons. The molecule has 0 saturated carbocycles. The number of carbonyl (C=O) groups is 2. The van der Waals surface area contributed by atoms with Crippen LogP contribution in [0.2, 0.25) is 0 Å². The van der Waals surface area contributed by atoms with Crippen LogP contribution in [0.5, 0.6) is 0 Å². The Labute approximate surface area is 153 Å². The minimum Gasteiger partial charge on any atom is -0.464 e. The number of aromatic nitrogens is 1. The highest BCUT2D eigenvalue weighted by Crippen LogP contribution is 2.31. The van der Waals surface area contributed by atoms with E-state index in [0.29, 0.717) is 11.3 Å². The highest BCUT2D eigenvalue weighted by atomic mass is 19.4. The van der Waals surface area contributed by atoms with Crippen LogP contribution in [0.15, 0.2) is 53.3 Å². The molecule has 0 saturated heterocycles. The summed E-state index contributed by atoms with van der Waals surface area (Å²) in [5, 5.41) is 3.14. The molecule has 3 aromatic rings. The minimum atomic E-state index is -4.64. The van der Waals surface area contributed by atoms with E-state index in [-0.39, 0.29) is 0 Å². The molecule has 0 aliphatic heterocycles. The van der Waals surface area contributed by atoms with Gasteiger partial charge in [-0.1, -0.05) is 0 Å². The molecule has 1 aromatic carbocycles. The van der Waals surface area contributed by atoms with Crippen LogP contribution < -0.4 is 5.32 Å². The molecule has 0 fully saturated rings. The first kappa shape index (κ1) is 20.9. The number of fused-ring (bicyclic) bond motifs is 1. The molecule has 0 spiro atoms. The van der Waals surface area contributed by atoms with Crippen LogP contribution in [0.3, 0.4) is 0 Å². The van der Waals surface area contributed by atoms with Crippen molar-refractivity contribution in [3.8, 4) is 0 Å². The van der Waals surface area contributed by atoms with Gasteiger partial charge in [-0.05, 0) is 36.4 Å². The van der Waals surface area contributed by atoms with Gasteiger partial charge in [0.15, 0.2) is 0 Å². The Morgan fingerprint density at radius 1 is 1.07 bits per heavy atom. The van der Waals surface area contributed by atoms with Crippen molar-refractivity contribution in [1.82, 2.24) is 4.98 Å². The maximum absolute atomic E-state index is 12.9. The summed E-state index contributed by atoms with van der Waals surface area (Å²) in [5.74, 6) is -0.921. The van der Waals surface area contributed by atoms with Crippen molar-refractivity contribution in [2.75, 3.05) is 5.32 Å². The summed E-state index contributed by atoms with van der Waals surface area (Å²) in [6.07, 6.45) is -7.72. The van der Waals surface area contributed by atoms with E-state index < -0.39 is 35.8 Å². The van der Waals surface area contributed by atoms with Crippen molar-refractivity contribution in [1.29, 1.82) is 0 Å². The van der Waals surface area contributed by atoms with Crippen LogP contribution in [0.4, 0.5) is 32.0 Å². The standard InChI is InChI=1S/C15H9F3N2O2.C2HF3O/c16-15(17,18)11-2-1-6-19-13(11)14(21)20-10-3-4-12-9(8-10)5-7-22-12;3-2(4,5)1-6/h1-8H,(H,20,21);1H. The fourth-order valence-corrected chi connectivity index (χ4v) is 2.05. The van der Waals surface area contributed by atoms with Crippen LogP contribution in [0, 0.1) is 0 Å². The van der Waals surface area contributed by atoms with E-state index in [0.717, 1.165) is 23.7 Å². The number of benzene rings is 1. The number of nitrogens with zero attached hydrogens (tertiary/aromatic N) is 1. The first-order valence-electron chi connectivity index (χ1n) is 7.35. The summed E-state index contributed by atoms with van der Waals surface area (Å²) in [4.78, 5) is 24.3. The highest BCUT2D eigenvalue weighted by Gasteiger charge is 2.35. The van der Waals surface area contributed by atoms with Gasteiger partial charge in [0.05, 0.1) is 11.8 Å². The third-order valence-corrected chi connectivity index (χ3v) is 3.17. The molecule has 0 bridgehead atoms. The zero-order valence-electron chi connectivity index (χ0n) is 13.6. The summed E-state index contributed by atoms with van der Waals surface area (Å²) in [6.45, 7) is 0. The fraction of sp³-hybridized carbons (Fsp3) is 0.118. The van der Waals surface area contributed by atoms with E-state index in [2.05, 4.69) is 10.3 Å². The van der Waals surface area contributed by atoms with Crippen molar-refractivity contribution in [2.24, 2.45) is 0 Å². The molecule has 5 nitrogen and oxygen atoms in total. The second kappa shape index (κ2) is 8.11. The van der Waals surface area contributed by atoms with Gasteiger partial charge >= 0.3 is 12.4 Å². The van der Waals surface area contributed by atoms with Gasteiger partial charge < -0.3 is 9.73 Å². The zero-order chi connectivity index (χ0) is 20.9. The van der Waals surface area contributed by atoms with E-state index in [9.17, 15) is 31.1 Å². The van der Waals surface area contributed by atoms with Gasteiger partial charge in [0, 0.05) is 17.3 Å². The molecule has 0 atom stereocenters. The van der Waals surface area contributed by atoms with Gasteiger partial charge in [0.2, 0.25) is 6.29 Å². The Bertz CT molecular complexity index is 979. The summed E-state index contributed by atoms with van der Waals surface area (Å²) in [5.41, 5.74) is -0.760. The van der Waals surface area contributed by atoms with Crippen LogP contribution in [-0.2, 0) is 11.0 Å². The molecule has 0 unspecified atom stereocenters. The SMILES string of the molecule is O=C(Nc1ccc2occc2c1)c1ncccc1C(F)(F)F.O=CC(F)(F)F. The van der Waals surface area contributed by atoms with Crippen LogP contribution in [0.25, 0.3) is 11.0 Å². The van der Waals surface area contributed by atoms with Gasteiger partial charge in [-0.15, -0.1) is 0 Å². The molecule has 0 aliphatic carbocycles. The number of anilines is 1. The molecule has 11 heteroatoms. The number of alkyl halides is 6. The Morgan fingerprint density at radius 2 is 1.75 bits per heavy atom. The van der Waals surface area contributed by atoms with Gasteiger partial charge in [0.25, 0.3) is 5.91 Å². The first-order chi connectivity index (χ1) is 13.0. The third kappa shape index (κ3) is 5.56. The van der Waals surface area contributed by atoms with E-state index in [4.69, 9.17) is 9.21 Å². The van der Waals surface area contributed by atoms with E-state index >= 15 is 0 Å². The molecule has 1 amide bonds. The third-order valence-electron chi connectivity index (χ3n) is 3.17. The predicted octanol–water partition coefficient (Wildman–Crippen LogP) is 4.85. The summed E-state index contributed by atoms with van der Waals surface area (Å²) in [6, 6.07) is 8.41. The lowest BCUT2D eigenvalue weighted by Gasteiger charge is -2.11. The number of amides is 1. The molecule has 0 aliphatic rings. The largest absolute Gasteiger partial charge is 0.464 e. The lowest BCUT2D eigenvalue weighted by Crippen LogP contribution is -2.20. The number of rotatable bonds is 2.